The van der Waals surface area contributed by atoms with Crippen LogP contribution in [0.4, 0.5) is 9.59 Å². The van der Waals surface area contributed by atoms with Gasteiger partial charge in [0.2, 0.25) is 35.4 Å². The molecule has 9 amide bonds. The summed E-state index contributed by atoms with van der Waals surface area (Å²) in [6, 6.07) is 16.8. The molecule has 1 aromatic heterocycles. The summed E-state index contributed by atoms with van der Waals surface area (Å²) in [5.74, 6) is -7.85. The van der Waals surface area contributed by atoms with Crippen molar-refractivity contribution in [3.8, 4) is 5.75 Å². The van der Waals surface area contributed by atoms with Gasteiger partial charge in [-0.3, -0.25) is 38.4 Å². The summed E-state index contributed by atoms with van der Waals surface area (Å²) in [6.45, 7) is 9.70. The molecule has 10 atom stereocenters. The Morgan fingerprint density at radius 2 is 1.44 bits per heavy atom. The number of fused-ring (bicyclic) bond motifs is 1. The topological polar surface area (TPSA) is 362 Å². The van der Waals surface area contributed by atoms with Gasteiger partial charge in [0.05, 0.1) is 18.2 Å². The number of hydrogen-bond acceptors (Lipinski definition) is 19. The van der Waals surface area contributed by atoms with Gasteiger partial charge in [-0.05, 0) is 143 Å². The molecule has 3 aromatic carbocycles. The van der Waals surface area contributed by atoms with Crippen LogP contribution in [-0.4, -0.2) is 170 Å². The largest absolute Gasteiger partial charge is 0.508 e. The Hall–Kier alpha value is -7.63. The molecule has 0 radical (unpaired) electrons. The molecule has 2 aliphatic rings. The molecule has 0 saturated carbocycles. The Morgan fingerprint density at radius 1 is 0.747 bits per heavy atom. The molecule has 0 bridgehead atoms. The van der Waals surface area contributed by atoms with Crippen LogP contribution in [0.1, 0.15) is 109 Å². The lowest BCUT2D eigenvalue weighted by Gasteiger charge is -2.29. The number of aromatic hydroxyl groups is 1. The molecule has 0 spiro atoms. The zero-order chi connectivity index (χ0) is 69.0. The lowest BCUT2D eigenvalue weighted by molar-refractivity contribution is -0.137. The SMILES string of the molecule is CCNC(=O)N[C@H](Cc1ccccc1)C(=O)N[C@H]1CSSC[C@@H](C(=O)N[C@H](C(=O)CCCSSc2ccccn2)[C@@H](C)O)NC(=O)[C@H]([C@@H](C)O)NC(=O)[C@H](CCCCNC(=O)OC(C)(C)C)NC(=O)[C@@H](CC2=CCc3ccccc32)NC(=O)[C@H](Cc2ccc(O)cc2)CC1=O. The standard InChI is InChI=1S/C67H88N10O14S4/c1-7-68-65(89)75-50(35-42-18-9-8-10-19-42)61(85)73-52-38-93-94-39-53(63(87)76-57(40(2)78)54(81)23-17-33-92-95-56-24-14-16-31-69-56)74-64(88)58(41(3)79)77-60(84)49(22-13-15-32-70-66(90)91-67(4,5)6)71-62(86)51(36-45-28-27-44-20-11-12-21-48(44)45)72-59(83)46(37-55(52)82)34-43-25-29-47(80)30-26-43/h8-12,14,16,18-21,24-26,28-31,40-41,46,49-53,57-58,78-80H,7,13,15,17,22-23,27,32-39H2,1-6H3,(H,70,90)(H,71,86)(H,72,83)(H,73,85)(H,74,88)(H,76,87)(H,77,84)(H2,68,75,89)/t40-,41-,46-,49+,50-,51-,52+,53+,57+,58+/m1/s1. The highest BCUT2D eigenvalue weighted by atomic mass is 33.1. The van der Waals surface area contributed by atoms with Crippen LogP contribution < -0.4 is 47.9 Å². The number of phenolic OH excluding ortho intramolecular Hbond substituents is 1. The number of aliphatic hydroxyl groups is 2. The van der Waals surface area contributed by atoms with Crippen molar-refractivity contribution in [2.24, 2.45) is 5.92 Å². The lowest BCUT2D eigenvalue weighted by Crippen LogP contribution is -2.62. The Balaban J connectivity index is 1.39. The highest BCUT2D eigenvalue weighted by molar-refractivity contribution is 8.77. The van der Waals surface area contributed by atoms with Gasteiger partial charge in [0.1, 0.15) is 52.6 Å². The summed E-state index contributed by atoms with van der Waals surface area (Å²) in [5, 5.41) is 57.7. The van der Waals surface area contributed by atoms with E-state index in [2.05, 4.69) is 52.8 Å². The van der Waals surface area contributed by atoms with Gasteiger partial charge in [0.15, 0.2) is 11.6 Å². The highest BCUT2D eigenvalue weighted by Crippen LogP contribution is 2.32. The zero-order valence-electron chi connectivity index (χ0n) is 54.2. The van der Waals surface area contributed by atoms with E-state index in [1.807, 2.05) is 42.5 Å². The fourth-order valence-corrected chi connectivity index (χ4v) is 14.6. The number of rotatable bonds is 26. The van der Waals surface area contributed by atoms with Crippen LogP contribution in [0.3, 0.4) is 0 Å². The Kier molecular flexibility index (Phi) is 31.2. The first-order valence-corrected chi connectivity index (χ1v) is 36.5. The first-order valence-electron chi connectivity index (χ1n) is 31.7. The minimum Gasteiger partial charge on any atom is -0.508 e. The lowest BCUT2D eigenvalue weighted by atomic mass is 9.90. The molecule has 24 nitrogen and oxygen atoms in total. The highest BCUT2D eigenvalue weighted by Gasteiger charge is 2.38. The van der Waals surface area contributed by atoms with Crippen molar-refractivity contribution < 1.29 is 68.0 Å². The number of nitrogens with zero attached hydrogens (tertiary/aromatic N) is 1. The predicted octanol–water partition coefficient (Wildman–Crippen LogP) is 5.42. The van der Waals surface area contributed by atoms with Crippen molar-refractivity contribution in [1.82, 2.24) is 52.8 Å². The minimum absolute atomic E-state index is 0.000620. The summed E-state index contributed by atoms with van der Waals surface area (Å²) >= 11 is 0. The number of carbonyl (C=O) groups excluding carboxylic acids is 10. The monoisotopic (exact) mass is 1380 g/mol. The molecule has 2 heterocycles. The van der Waals surface area contributed by atoms with Crippen LogP contribution in [0.5, 0.6) is 5.75 Å². The number of pyridine rings is 1. The summed E-state index contributed by atoms with van der Waals surface area (Å²) in [5.41, 5.74) is 2.88. The molecule has 0 unspecified atom stereocenters. The molecule has 1 aliphatic carbocycles. The van der Waals surface area contributed by atoms with Crippen molar-refractivity contribution in [2.75, 3.05) is 30.3 Å². The molecule has 28 heteroatoms. The number of alkyl carbamates (subject to hydrolysis) is 1. The van der Waals surface area contributed by atoms with E-state index < -0.39 is 132 Å². The number of benzene rings is 3. The summed E-state index contributed by atoms with van der Waals surface area (Å²) in [4.78, 5) is 148. The molecule has 6 rings (SSSR count). The molecular formula is C67H88N10O14S4. The Bertz CT molecular complexity index is 3270. The fourth-order valence-electron chi connectivity index (χ4n) is 10.3. The van der Waals surface area contributed by atoms with E-state index in [1.165, 1.54) is 47.6 Å². The van der Waals surface area contributed by atoms with Crippen LogP contribution in [0.2, 0.25) is 0 Å². The number of unbranched alkanes of at least 4 members (excludes halogenated alkanes) is 1. The van der Waals surface area contributed by atoms with Gasteiger partial charge < -0.3 is 67.9 Å². The first-order chi connectivity index (χ1) is 45.4. The van der Waals surface area contributed by atoms with E-state index >= 15 is 14.4 Å². The van der Waals surface area contributed by atoms with Crippen LogP contribution in [0.15, 0.2) is 114 Å². The summed E-state index contributed by atoms with van der Waals surface area (Å²) in [7, 11) is 4.86. The van der Waals surface area contributed by atoms with Crippen LogP contribution in [-0.2, 0) is 62.4 Å². The molecule has 12 N–H and O–H groups in total. The molecule has 4 aromatic rings. The number of ketones is 2. The van der Waals surface area contributed by atoms with E-state index in [0.29, 0.717) is 35.3 Å². The summed E-state index contributed by atoms with van der Waals surface area (Å²) in [6.07, 6.45) is 0.257. The van der Waals surface area contributed by atoms with E-state index in [0.717, 1.165) is 37.7 Å². The number of carbonyl (C=O) groups is 10. The zero-order valence-corrected chi connectivity index (χ0v) is 57.5. The number of Topliss-reactive ketones (excluding diaryl/α,β-unsaturated/α-hetero) is 2. The van der Waals surface area contributed by atoms with E-state index in [-0.39, 0.29) is 75.3 Å². The number of urea groups is 1. The summed E-state index contributed by atoms with van der Waals surface area (Å²) < 4.78 is 5.37. The average Bonchev–Trinajstić information content (AvgIpc) is 1.81. The van der Waals surface area contributed by atoms with Gasteiger partial charge in [-0.15, -0.1) is 0 Å². The third-order valence-corrected chi connectivity index (χ3v) is 20.0. The van der Waals surface area contributed by atoms with Gasteiger partial charge in [0.25, 0.3) is 0 Å². The number of aliphatic hydroxyl groups excluding tert-OH is 2. The van der Waals surface area contributed by atoms with E-state index in [9.17, 15) is 48.9 Å². The number of amides is 9. The van der Waals surface area contributed by atoms with Gasteiger partial charge in [-0.25, -0.2) is 14.6 Å². The predicted molar refractivity (Wildman–Crippen MR) is 369 cm³/mol. The third kappa shape index (κ3) is 26.1. The second-order valence-electron chi connectivity index (χ2n) is 24.1. The van der Waals surface area contributed by atoms with Crippen LogP contribution in [0, 0.1) is 5.92 Å². The number of nitrogens with one attached hydrogen (secondary N) is 9. The van der Waals surface area contributed by atoms with Gasteiger partial charge >= 0.3 is 12.1 Å². The molecule has 1 fully saturated rings. The third-order valence-electron chi connectivity index (χ3n) is 15.2. The molecular weight excluding hydrogens is 1300 g/mol. The minimum atomic E-state index is -1.80. The van der Waals surface area contributed by atoms with Gasteiger partial charge in [0, 0.05) is 68.1 Å². The first kappa shape index (κ1) is 76.4. The maximum atomic E-state index is 15.2. The molecule has 95 heavy (non-hydrogen) atoms. The number of phenols is 1. The van der Waals surface area contributed by atoms with Crippen molar-refractivity contribution in [1.29, 1.82) is 0 Å². The fraction of sp³-hybridized carbons (Fsp3) is 0.478. The van der Waals surface area contributed by atoms with Crippen molar-refractivity contribution >= 4 is 108 Å². The quantitative estimate of drug-likeness (QED) is 0.0276. The Labute approximate surface area is 570 Å². The van der Waals surface area contributed by atoms with Gasteiger partial charge in [-0.1, -0.05) is 111 Å². The van der Waals surface area contributed by atoms with Crippen molar-refractivity contribution in [2.45, 2.75) is 171 Å². The molecule has 1 saturated heterocycles. The normalized spacial score (nSPS) is 20.5. The van der Waals surface area contributed by atoms with Gasteiger partial charge in [-0.2, -0.15) is 0 Å². The number of aromatic nitrogens is 1. The smallest absolute Gasteiger partial charge is 0.407 e. The van der Waals surface area contributed by atoms with E-state index in [1.54, 1.807) is 82.4 Å². The molecule has 514 valence electrons. The van der Waals surface area contributed by atoms with Crippen LogP contribution >= 0.6 is 43.2 Å². The van der Waals surface area contributed by atoms with Crippen LogP contribution in [0.25, 0.3) is 5.57 Å². The maximum absolute atomic E-state index is 15.2. The van der Waals surface area contributed by atoms with Crippen molar-refractivity contribution in [3.63, 3.8) is 0 Å². The molecule has 1 aliphatic heterocycles. The van der Waals surface area contributed by atoms with E-state index in [4.69, 9.17) is 4.74 Å². The second-order valence-corrected chi connectivity index (χ2v) is 29.1. The second kappa shape index (κ2) is 38.8. The van der Waals surface area contributed by atoms with Crippen molar-refractivity contribution in [3.05, 3.63) is 132 Å². The Morgan fingerprint density at radius 3 is 2.14 bits per heavy atom. The maximum Gasteiger partial charge on any atom is 0.407 e. The average molecular weight is 1390 g/mol. The number of allylic oxidation sites excluding steroid dienone is 1. The number of hydrogen-bond donors (Lipinski definition) is 12. The number of ether oxygens (including phenoxy) is 1.